The molecule has 0 aliphatic carbocycles. The van der Waals surface area contributed by atoms with E-state index in [0.717, 1.165) is 12.1 Å². The van der Waals surface area contributed by atoms with Crippen LogP contribution in [0.3, 0.4) is 0 Å². The number of halogens is 3. The molecule has 0 saturated carbocycles. The SMILES string of the molecule is COc1ccc(NC(=O)CCNc2ccc(C(F)(F)F)cc2)cc1. The second kappa shape index (κ2) is 7.72. The minimum Gasteiger partial charge on any atom is -0.497 e. The van der Waals surface area contributed by atoms with Crippen molar-refractivity contribution in [3.63, 3.8) is 0 Å². The Morgan fingerprint density at radius 2 is 1.58 bits per heavy atom. The monoisotopic (exact) mass is 338 g/mol. The average molecular weight is 338 g/mol. The number of amides is 1. The third-order valence-corrected chi connectivity index (χ3v) is 3.27. The van der Waals surface area contributed by atoms with E-state index in [-0.39, 0.29) is 12.3 Å². The summed E-state index contributed by atoms with van der Waals surface area (Å²) >= 11 is 0. The van der Waals surface area contributed by atoms with Crippen molar-refractivity contribution in [2.75, 3.05) is 24.3 Å². The Balaban J connectivity index is 1.77. The molecule has 0 aliphatic heterocycles. The number of anilines is 2. The number of rotatable bonds is 6. The first-order valence-corrected chi connectivity index (χ1v) is 7.23. The smallest absolute Gasteiger partial charge is 0.416 e. The van der Waals surface area contributed by atoms with Gasteiger partial charge in [-0.15, -0.1) is 0 Å². The summed E-state index contributed by atoms with van der Waals surface area (Å²) in [6, 6.07) is 11.6. The second-order valence-electron chi connectivity index (χ2n) is 5.03. The fourth-order valence-electron chi connectivity index (χ4n) is 2.00. The zero-order chi connectivity index (χ0) is 17.6. The zero-order valence-corrected chi connectivity index (χ0v) is 13.0. The molecule has 2 N–H and O–H groups in total. The molecular weight excluding hydrogens is 321 g/mol. The van der Waals surface area contributed by atoms with Crippen LogP contribution in [0.1, 0.15) is 12.0 Å². The number of alkyl halides is 3. The van der Waals surface area contributed by atoms with Crippen LogP contribution in [-0.2, 0) is 11.0 Å². The van der Waals surface area contributed by atoms with Crippen LogP contribution < -0.4 is 15.4 Å². The van der Waals surface area contributed by atoms with Crippen molar-refractivity contribution in [3.8, 4) is 5.75 Å². The van der Waals surface area contributed by atoms with Crippen molar-refractivity contribution in [1.29, 1.82) is 0 Å². The van der Waals surface area contributed by atoms with E-state index in [9.17, 15) is 18.0 Å². The highest BCUT2D eigenvalue weighted by atomic mass is 19.4. The Bertz CT molecular complexity index is 668. The standard InChI is InChI=1S/C17H17F3N2O2/c1-24-15-8-6-14(7-9-15)22-16(23)10-11-21-13-4-2-12(3-5-13)17(18,19)20/h2-9,21H,10-11H2,1H3,(H,22,23). The van der Waals surface area contributed by atoms with Gasteiger partial charge in [0, 0.05) is 24.3 Å². The summed E-state index contributed by atoms with van der Waals surface area (Å²) in [6.07, 6.45) is -4.16. The van der Waals surface area contributed by atoms with Crippen molar-refractivity contribution in [2.24, 2.45) is 0 Å². The molecule has 0 heterocycles. The Morgan fingerprint density at radius 1 is 1.00 bits per heavy atom. The summed E-state index contributed by atoms with van der Waals surface area (Å²) < 4.78 is 42.4. The van der Waals surface area contributed by atoms with Crippen LogP contribution in [-0.4, -0.2) is 19.6 Å². The number of hydrogen-bond acceptors (Lipinski definition) is 3. The van der Waals surface area contributed by atoms with Crippen LogP contribution in [0.15, 0.2) is 48.5 Å². The molecule has 0 saturated heterocycles. The summed E-state index contributed by atoms with van der Waals surface area (Å²) in [5, 5.41) is 5.64. The van der Waals surface area contributed by atoms with Gasteiger partial charge in [0.25, 0.3) is 0 Å². The van der Waals surface area contributed by atoms with Gasteiger partial charge in [-0.25, -0.2) is 0 Å². The molecule has 7 heteroatoms. The quantitative estimate of drug-likeness (QED) is 0.832. The first-order valence-electron chi connectivity index (χ1n) is 7.23. The Hall–Kier alpha value is -2.70. The normalized spacial score (nSPS) is 11.0. The van der Waals surface area contributed by atoms with E-state index in [1.807, 2.05) is 0 Å². The van der Waals surface area contributed by atoms with Gasteiger partial charge in [0.05, 0.1) is 12.7 Å². The molecule has 2 aromatic carbocycles. The maximum absolute atomic E-state index is 12.5. The third-order valence-electron chi connectivity index (χ3n) is 3.27. The lowest BCUT2D eigenvalue weighted by Gasteiger charge is -2.10. The number of hydrogen-bond donors (Lipinski definition) is 2. The lowest BCUT2D eigenvalue weighted by atomic mass is 10.2. The van der Waals surface area contributed by atoms with Gasteiger partial charge < -0.3 is 15.4 Å². The molecule has 2 aromatic rings. The molecule has 4 nitrogen and oxygen atoms in total. The molecule has 2 rings (SSSR count). The van der Waals surface area contributed by atoms with E-state index in [0.29, 0.717) is 23.7 Å². The van der Waals surface area contributed by atoms with Crippen molar-refractivity contribution in [3.05, 3.63) is 54.1 Å². The summed E-state index contributed by atoms with van der Waals surface area (Å²) in [7, 11) is 1.56. The molecule has 24 heavy (non-hydrogen) atoms. The molecular formula is C17H17F3N2O2. The van der Waals surface area contributed by atoms with Gasteiger partial charge in [-0.2, -0.15) is 13.2 Å². The van der Waals surface area contributed by atoms with Crippen LogP contribution in [0, 0.1) is 0 Å². The number of benzene rings is 2. The maximum atomic E-state index is 12.5. The zero-order valence-electron chi connectivity index (χ0n) is 13.0. The average Bonchev–Trinajstić information content (AvgIpc) is 2.55. The lowest BCUT2D eigenvalue weighted by Crippen LogP contribution is -2.16. The van der Waals surface area contributed by atoms with Gasteiger partial charge >= 0.3 is 6.18 Å². The number of carbonyl (C=O) groups excluding carboxylic acids is 1. The highest BCUT2D eigenvalue weighted by Crippen LogP contribution is 2.29. The highest BCUT2D eigenvalue weighted by molar-refractivity contribution is 5.91. The second-order valence-corrected chi connectivity index (χ2v) is 5.03. The fraction of sp³-hybridized carbons (Fsp3) is 0.235. The van der Waals surface area contributed by atoms with E-state index in [1.54, 1.807) is 31.4 Å². The first-order chi connectivity index (χ1) is 11.4. The van der Waals surface area contributed by atoms with Gasteiger partial charge in [-0.1, -0.05) is 0 Å². The van der Waals surface area contributed by atoms with Gasteiger partial charge in [-0.3, -0.25) is 4.79 Å². The molecule has 0 bridgehead atoms. The third kappa shape index (κ3) is 5.19. The maximum Gasteiger partial charge on any atom is 0.416 e. The van der Waals surface area contributed by atoms with Crippen molar-refractivity contribution >= 4 is 17.3 Å². The number of methoxy groups -OCH3 is 1. The summed E-state index contributed by atoms with van der Waals surface area (Å²) in [5.74, 6) is 0.497. The van der Waals surface area contributed by atoms with Gasteiger partial charge in [0.2, 0.25) is 5.91 Å². The predicted octanol–water partition coefficient (Wildman–Crippen LogP) is 4.15. The number of carbonyl (C=O) groups is 1. The minimum atomic E-state index is -4.35. The van der Waals surface area contributed by atoms with Gasteiger partial charge in [-0.05, 0) is 48.5 Å². The summed E-state index contributed by atoms with van der Waals surface area (Å²) in [6.45, 7) is 0.313. The minimum absolute atomic E-state index is 0.188. The largest absolute Gasteiger partial charge is 0.497 e. The fourth-order valence-corrected chi connectivity index (χ4v) is 2.00. The van der Waals surface area contributed by atoms with E-state index in [4.69, 9.17) is 4.74 Å². The molecule has 0 radical (unpaired) electrons. The van der Waals surface area contributed by atoms with E-state index >= 15 is 0 Å². The van der Waals surface area contributed by atoms with Gasteiger partial charge in [0.15, 0.2) is 0 Å². The molecule has 0 spiro atoms. The van der Waals surface area contributed by atoms with E-state index in [2.05, 4.69) is 10.6 Å². The molecule has 0 aromatic heterocycles. The van der Waals surface area contributed by atoms with Crippen LogP contribution in [0.5, 0.6) is 5.75 Å². The van der Waals surface area contributed by atoms with Crippen LogP contribution >= 0.6 is 0 Å². The van der Waals surface area contributed by atoms with Crippen molar-refractivity contribution < 1.29 is 22.7 Å². The van der Waals surface area contributed by atoms with E-state index < -0.39 is 11.7 Å². The molecule has 128 valence electrons. The van der Waals surface area contributed by atoms with Crippen molar-refractivity contribution in [2.45, 2.75) is 12.6 Å². The van der Waals surface area contributed by atoms with Crippen LogP contribution in [0.25, 0.3) is 0 Å². The molecule has 0 unspecified atom stereocenters. The van der Waals surface area contributed by atoms with E-state index in [1.165, 1.54) is 12.1 Å². The number of nitrogens with one attached hydrogen (secondary N) is 2. The first kappa shape index (κ1) is 17.7. The Morgan fingerprint density at radius 3 is 2.12 bits per heavy atom. The van der Waals surface area contributed by atoms with Crippen molar-refractivity contribution in [1.82, 2.24) is 0 Å². The molecule has 1 amide bonds. The predicted molar refractivity (Wildman–Crippen MR) is 86.2 cm³/mol. The lowest BCUT2D eigenvalue weighted by molar-refractivity contribution is -0.137. The molecule has 0 fully saturated rings. The van der Waals surface area contributed by atoms with Gasteiger partial charge in [0.1, 0.15) is 5.75 Å². The topological polar surface area (TPSA) is 50.4 Å². The van der Waals surface area contributed by atoms with Crippen LogP contribution in [0.2, 0.25) is 0 Å². The summed E-state index contributed by atoms with van der Waals surface area (Å²) in [5.41, 5.74) is 0.473. The Kier molecular flexibility index (Phi) is 5.68. The molecule has 0 atom stereocenters. The summed E-state index contributed by atoms with van der Waals surface area (Å²) in [4.78, 5) is 11.8. The highest BCUT2D eigenvalue weighted by Gasteiger charge is 2.29. The number of ether oxygens (including phenoxy) is 1. The Labute approximate surface area is 137 Å². The molecule has 0 aliphatic rings. The van der Waals surface area contributed by atoms with Crippen LogP contribution in [0.4, 0.5) is 24.5 Å².